The Morgan fingerprint density at radius 3 is 3.05 bits per heavy atom. The van der Waals surface area contributed by atoms with Crippen molar-refractivity contribution in [1.82, 2.24) is 10.3 Å². The summed E-state index contributed by atoms with van der Waals surface area (Å²) in [6, 6.07) is 7.48. The lowest BCUT2D eigenvalue weighted by Crippen LogP contribution is -2.42. The van der Waals surface area contributed by atoms with E-state index in [0.29, 0.717) is 26.2 Å². The van der Waals surface area contributed by atoms with Gasteiger partial charge in [0, 0.05) is 36.9 Å². The van der Waals surface area contributed by atoms with E-state index in [1.54, 1.807) is 0 Å². The number of fused-ring (bicyclic) bond motifs is 1. The monoisotopic (exact) mass is 289 g/mol. The molecule has 0 aliphatic rings. The van der Waals surface area contributed by atoms with Crippen molar-refractivity contribution < 1.29 is 9.53 Å². The van der Waals surface area contributed by atoms with Crippen LogP contribution in [-0.2, 0) is 16.0 Å². The van der Waals surface area contributed by atoms with Gasteiger partial charge in [0.1, 0.15) is 0 Å². The highest BCUT2D eigenvalue weighted by molar-refractivity contribution is 5.86. The van der Waals surface area contributed by atoms with E-state index in [4.69, 9.17) is 10.5 Å². The molecule has 0 spiro atoms. The van der Waals surface area contributed by atoms with Gasteiger partial charge in [-0.15, -0.1) is 0 Å². The first-order chi connectivity index (χ1) is 10.2. The van der Waals surface area contributed by atoms with Crippen LogP contribution >= 0.6 is 0 Å². The Hall–Kier alpha value is -1.85. The number of aromatic amines is 1. The first-order valence-corrected chi connectivity index (χ1v) is 7.38. The van der Waals surface area contributed by atoms with Crippen molar-refractivity contribution in [2.75, 3.05) is 19.8 Å². The third-order valence-electron chi connectivity index (χ3n) is 3.42. The van der Waals surface area contributed by atoms with Gasteiger partial charge in [-0.2, -0.15) is 0 Å². The molecular formula is C16H23N3O2. The molecular weight excluding hydrogens is 266 g/mol. The summed E-state index contributed by atoms with van der Waals surface area (Å²) in [5, 5.41) is 3.97. The lowest BCUT2D eigenvalue weighted by atomic mass is 10.1. The summed E-state index contributed by atoms with van der Waals surface area (Å²) in [5.41, 5.74) is 8.12. The van der Waals surface area contributed by atoms with E-state index in [2.05, 4.69) is 10.3 Å². The van der Waals surface area contributed by atoms with Crippen molar-refractivity contribution in [3.05, 3.63) is 36.0 Å². The van der Waals surface area contributed by atoms with E-state index in [9.17, 15) is 4.79 Å². The molecule has 0 bridgehead atoms. The van der Waals surface area contributed by atoms with Gasteiger partial charge in [0.05, 0.1) is 6.04 Å². The van der Waals surface area contributed by atoms with Crippen LogP contribution < -0.4 is 11.1 Å². The van der Waals surface area contributed by atoms with Gasteiger partial charge in [0.25, 0.3) is 0 Å². The fraction of sp³-hybridized carbons (Fsp3) is 0.438. The second-order valence-electron chi connectivity index (χ2n) is 5.01. The molecule has 1 atom stereocenters. The largest absolute Gasteiger partial charge is 0.382 e. The molecule has 0 fully saturated rings. The summed E-state index contributed by atoms with van der Waals surface area (Å²) >= 11 is 0. The highest BCUT2D eigenvalue weighted by atomic mass is 16.5. The van der Waals surface area contributed by atoms with Crippen molar-refractivity contribution in [1.29, 1.82) is 0 Å². The molecule has 1 heterocycles. The zero-order chi connectivity index (χ0) is 15.1. The van der Waals surface area contributed by atoms with Gasteiger partial charge < -0.3 is 20.8 Å². The molecule has 1 aromatic heterocycles. The number of benzene rings is 1. The molecule has 2 rings (SSSR count). The number of nitrogens with one attached hydrogen (secondary N) is 2. The summed E-state index contributed by atoms with van der Waals surface area (Å²) in [5.74, 6) is -0.114. The Bertz CT molecular complexity index is 580. The maximum absolute atomic E-state index is 12.0. The zero-order valence-electron chi connectivity index (χ0n) is 12.4. The van der Waals surface area contributed by atoms with Crippen LogP contribution in [0.3, 0.4) is 0 Å². The minimum atomic E-state index is -0.531. The second-order valence-corrected chi connectivity index (χ2v) is 5.01. The maximum Gasteiger partial charge on any atom is 0.237 e. The molecule has 0 aliphatic carbocycles. The molecule has 1 amide bonds. The normalized spacial score (nSPS) is 12.5. The fourth-order valence-electron chi connectivity index (χ4n) is 2.29. The van der Waals surface area contributed by atoms with Crippen molar-refractivity contribution in [2.24, 2.45) is 5.73 Å². The van der Waals surface area contributed by atoms with Gasteiger partial charge in [0.2, 0.25) is 5.91 Å². The Morgan fingerprint density at radius 1 is 1.43 bits per heavy atom. The topological polar surface area (TPSA) is 80.1 Å². The SMILES string of the molecule is CCOCCCNC(=O)[C@H](N)Cc1c[nH]c2ccccc12. The number of nitrogens with two attached hydrogens (primary N) is 1. The number of carbonyl (C=O) groups is 1. The molecule has 4 N–H and O–H groups in total. The number of ether oxygens (including phenoxy) is 1. The molecule has 0 saturated heterocycles. The molecule has 5 heteroatoms. The van der Waals surface area contributed by atoms with Crippen LogP contribution in [0.25, 0.3) is 10.9 Å². The minimum absolute atomic E-state index is 0.114. The van der Waals surface area contributed by atoms with E-state index in [1.807, 2.05) is 37.4 Å². The molecule has 0 saturated carbocycles. The summed E-state index contributed by atoms with van der Waals surface area (Å²) in [6.07, 6.45) is 3.26. The number of hydrogen-bond acceptors (Lipinski definition) is 3. The maximum atomic E-state index is 12.0. The van der Waals surface area contributed by atoms with Gasteiger partial charge in [-0.25, -0.2) is 0 Å². The number of carbonyl (C=O) groups excluding carboxylic acids is 1. The van der Waals surface area contributed by atoms with Gasteiger partial charge >= 0.3 is 0 Å². The predicted octanol–water partition coefficient (Wildman–Crippen LogP) is 1.58. The Labute approximate surface area is 124 Å². The standard InChI is InChI=1S/C16H23N3O2/c1-2-21-9-5-8-18-16(20)14(17)10-12-11-19-15-7-4-3-6-13(12)15/h3-4,6-7,11,14,19H,2,5,8-10,17H2,1H3,(H,18,20)/t14-/m1/s1. The van der Waals surface area contributed by atoms with Gasteiger partial charge in [0.15, 0.2) is 0 Å². The van der Waals surface area contributed by atoms with Crippen molar-refractivity contribution in [3.63, 3.8) is 0 Å². The van der Waals surface area contributed by atoms with Gasteiger partial charge in [-0.05, 0) is 31.4 Å². The van der Waals surface area contributed by atoms with Crippen LogP contribution in [0.1, 0.15) is 18.9 Å². The number of hydrogen-bond donors (Lipinski definition) is 3. The molecule has 0 aliphatic heterocycles. The molecule has 1 aromatic carbocycles. The van der Waals surface area contributed by atoms with Crippen LogP contribution in [0.4, 0.5) is 0 Å². The van der Waals surface area contributed by atoms with Crippen LogP contribution in [0.5, 0.6) is 0 Å². The van der Waals surface area contributed by atoms with Crippen LogP contribution in [-0.4, -0.2) is 36.7 Å². The summed E-state index contributed by atoms with van der Waals surface area (Å²) in [6.45, 7) is 3.92. The molecule has 2 aromatic rings. The van der Waals surface area contributed by atoms with Crippen molar-refractivity contribution in [2.45, 2.75) is 25.8 Å². The molecule has 114 valence electrons. The number of amides is 1. The second kappa shape index (κ2) is 7.81. The number of H-pyrrole nitrogens is 1. The quantitative estimate of drug-likeness (QED) is 0.645. The predicted molar refractivity (Wildman–Crippen MR) is 84.1 cm³/mol. The molecule has 21 heavy (non-hydrogen) atoms. The van der Waals surface area contributed by atoms with E-state index >= 15 is 0 Å². The third-order valence-corrected chi connectivity index (χ3v) is 3.42. The van der Waals surface area contributed by atoms with Gasteiger partial charge in [-0.3, -0.25) is 4.79 Å². The molecule has 0 radical (unpaired) electrons. The first-order valence-electron chi connectivity index (χ1n) is 7.38. The van der Waals surface area contributed by atoms with E-state index < -0.39 is 6.04 Å². The first kappa shape index (κ1) is 15.5. The lowest BCUT2D eigenvalue weighted by molar-refractivity contribution is -0.122. The summed E-state index contributed by atoms with van der Waals surface area (Å²) in [7, 11) is 0. The zero-order valence-corrected chi connectivity index (χ0v) is 12.4. The summed E-state index contributed by atoms with van der Waals surface area (Å²) < 4.78 is 5.22. The van der Waals surface area contributed by atoms with Crippen LogP contribution in [0.2, 0.25) is 0 Å². The average Bonchev–Trinajstić information content (AvgIpc) is 2.90. The fourth-order valence-corrected chi connectivity index (χ4v) is 2.29. The Balaban J connectivity index is 1.83. The summed E-state index contributed by atoms with van der Waals surface area (Å²) in [4.78, 5) is 15.1. The van der Waals surface area contributed by atoms with Crippen molar-refractivity contribution in [3.8, 4) is 0 Å². The highest BCUT2D eigenvalue weighted by Crippen LogP contribution is 2.18. The van der Waals surface area contributed by atoms with E-state index in [-0.39, 0.29) is 5.91 Å². The van der Waals surface area contributed by atoms with Crippen molar-refractivity contribution >= 4 is 16.8 Å². The molecule has 0 unspecified atom stereocenters. The van der Waals surface area contributed by atoms with E-state index in [0.717, 1.165) is 22.9 Å². The average molecular weight is 289 g/mol. The lowest BCUT2D eigenvalue weighted by Gasteiger charge is -2.12. The highest BCUT2D eigenvalue weighted by Gasteiger charge is 2.15. The number of para-hydroxylation sites is 1. The number of rotatable bonds is 8. The van der Waals surface area contributed by atoms with Crippen LogP contribution in [0, 0.1) is 0 Å². The molecule has 5 nitrogen and oxygen atoms in total. The minimum Gasteiger partial charge on any atom is -0.382 e. The third kappa shape index (κ3) is 4.31. The number of aromatic nitrogens is 1. The Kier molecular flexibility index (Phi) is 5.78. The Morgan fingerprint density at radius 2 is 2.24 bits per heavy atom. The van der Waals surface area contributed by atoms with Gasteiger partial charge in [-0.1, -0.05) is 18.2 Å². The van der Waals surface area contributed by atoms with E-state index in [1.165, 1.54) is 0 Å². The van der Waals surface area contributed by atoms with Crippen LogP contribution in [0.15, 0.2) is 30.5 Å². The smallest absolute Gasteiger partial charge is 0.237 e.